The summed E-state index contributed by atoms with van der Waals surface area (Å²) in [6.45, 7) is 13.7. The van der Waals surface area contributed by atoms with Crippen molar-refractivity contribution in [2.45, 2.75) is 52.0 Å². The fraction of sp³-hybridized carbons (Fsp3) is 0.389. The van der Waals surface area contributed by atoms with Gasteiger partial charge in [-0.15, -0.1) is 0 Å². The van der Waals surface area contributed by atoms with Crippen molar-refractivity contribution in [2.75, 3.05) is 54.5 Å². The number of ether oxygens (including phenoxy) is 2. The maximum Gasteiger partial charge on any atom is 0.335 e. The Morgan fingerprint density at radius 2 is 1.73 bits per heavy atom. The molecular weight excluding hydrogens is 644 g/mol. The molecule has 2 N–H and O–H groups in total. The Balaban J connectivity index is 1.45. The standard InChI is InChI=1S/C36H44N6O6S/c1-24-9-7-10-25(2)33(24)30-20-32(39-35(38-30)40-49(45,46)29-12-8-11-26(19-29)34(43)44)48-23-28(21-36(3,4)5)41(6)31-14-13-27(22-37-31)42-15-17-47-18-16-42/h7-14,19-20,22,28H,15-18,21,23H2,1-6H3,(H,43,44)(H,38,39,40)/t28-/m1/s1. The molecule has 0 unspecified atom stereocenters. The predicted molar refractivity (Wildman–Crippen MR) is 190 cm³/mol. The molecule has 0 spiro atoms. The molecule has 1 aliphatic heterocycles. The number of nitrogens with one attached hydrogen (secondary N) is 1. The Hall–Kier alpha value is -4.75. The van der Waals surface area contributed by atoms with Crippen molar-refractivity contribution in [2.24, 2.45) is 5.41 Å². The molecule has 3 heterocycles. The Bertz CT molecular complexity index is 1870. The van der Waals surface area contributed by atoms with E-state index in [9.17, 15) is 18.3 Å². The average molecular weight is 689 g/mol. The minimum absolute atomic E-state index is 0.0452. The Labute approximate surface area is 288 Å². The molecule has 1 fully saturated rings. The van der Waals surface area contributed by atoms with Gasteiger partial charge in [0.25, 0.3) is 10.0 Å². The number of hydrogen-bond donors (Lipinski definition) is 2. The van der Waals surface area contributed by atoms with Crippen LogP contribution in [0.25, 0.3) is 11.3 Å². The maximum absolute atomic E-state index is 13.4. The quantitative estimate of drug-likeness (QED) is 0.186. The number of nitrogens with zero attached hydrogens (tertiary/aromatic N) is 5. The number of aromatic nitrogens is 3. The van der Waals surface area contributed by atoms with E-state index in [1.54, 1.807) is 6.07 Å². The van der Waals surface area contributed by atoms with Gasteiger partial charge in [-0.25, -0.2) is 27.9 Å². The first-order valence-electron chi connectivity index (χ1n) is 16.2. The van der Waals surface area contributed by atoms with Crippen molar-refractivity contribution in [3.8, 4) is 17.1 Å². The highest BCUT2D eigenvalue weighted by Crippen LogP contribution is 2.31. The van der Waals surface area contributed by atoms with E-state index in [4.69, 9.17) is 14.5 Å². The molecule has 13 heteroatoms. The largest absolute Gasteiger partial charge is 0.478 e. The average Bonchev–Trinajstić information content (AvgIpc) is 3.06. The summed E-state index contributed by atoms with van der Waals surface area (Å²) >= 11 is 0. The number of hydrogen-bond acceptors (Lipinski definition) is 10. The van der Waals surface area contributed by atoms with E-state index < -0.39 is 16.0 Å². The zero-order valence-electron chi connectivity index (χ0n) is 28.8. The second-order valence-electron chi connectivity index (χ2n) is 13.4. The molecule has 0 amide bonds. The number of carbonyl (C=O) groups is 1. The molecule has 0 bridgehead atoms. The minimum Gasteiger partial charge on any atom is -0.478 e. The Morgan fingerprint density at radius 1 is 1.04 bits per heavy atom. The van der Waals surface area contributed by atoms with Crippen LogP contribution in [0, 0.1) is 19.3 Å². The number of benzene rings is 2. The van der Waals surface area contributed by atoms with E-state index in [1.807, 2.05) is 51.4 Å². The molecular formula is C36H44N6O6S. The second kappa shape index (κ2) is 14.8. The van der Waals surface area contributed by atoms with Crippen molar-refractivity contribution in [3.63, 3.8) is 0 Å². The van der Waals surface area contributed by atoms with Gasteiger partial charge in [0.05, 0.1) is 47.3 Å². The highest BCUT2D eigenvalue weighted by molar-refractivity contribution is 7.92. The fourth-order valence-electron chi connectivity index (χ4n) is 5.85. The number of likely N-dealkylation sites (N-methyl/N-ethyl adjacent to an activating group) is 1. The number of anilines is 3. The van der Waals surface area contributed by atoms with Gasteiger partial charge in [-0.1, -0.05) is 45.0 Å². The van der Waals surface area contributed by atoms with Crippen molar-refractivity contribution < 1.29 is 27.8 Å². The van der Waals surface area contributed by atoms with Gasteiger partial charge in [-0.2, -0.15) is 4.98 Å². The molecule has 2 aromatic heterocycles. The van der Waals surface area contributed by atoms with Crippen LogP contribution < -0.4 is 19.3 Å². The number of morpholine rings is 1. The highest BCUT2D eigenvalue weighted by Gasteiger charge is 2.26. The van der Waals surface area contributed by atoms with Crippen LogP contribution in [0.3, 0.4) is 0 Å². The zero-order valence-corrected chi connectivity index (χ0v) is 29.6. The molecule has 0 radical (unpaired) electrons. The fourth-order valence-corrected chi connectivity index (χ4v) is 6.83. The van der Waals surface area contributed by atoms with Crippen molar-refractivity contribution in [1.29, 1.82) is 0 Å². The van der Waals surface area contributed by atoms with Crippen LogP contribution in [0.1, 0.15) is 48.7 Å². The lowest BCUT2D eigenvalue weighted by Gasteiger charge is -2.34. The lowest BCUT2D eigenvalue weighted by Crippen LogP contribution is -2.40. The maximum atomic E-state index is 13.4. The van der Waals surface area contributed by atoms with E-state index in [1.165, 1.54) is 18.2 Å². The van der Waals surface area contributed by atoms with Gasteiger partial charge in [0.15, 0.2) is 0 Å². The summed E-state index contributed by atoms with van der Waals surface area (Å²) < 4.78 is 41.1. The molecule has 0 saturated carbocycles. The topological polar surface area (TPSA) is 147 Å². The molecule has 260 valence electrons. The minimum atomic E-state index is -4.24. The van der Waals surface area contributed by atoms with Crippen LogP contribution in [0.4, 0.5) is 17.5 Å². The smallest absolute Gasteiger partial charge is 0.335 e. The zero-order chi connectivity index (χ0) is 35.3. The molecule has 0 aliphatic carbocycles. The number of aromatic carboxylic acids is 1. The van der Waals surface area contributed by atoms with Crippen LogP contribution in [0.5, 0.6) is 5.88 Å². The summed E-state index contributed by atoms with van der Waals surface area (Å²) in [5.41, 5.74) is 4.06. The number of pyridine rings is 1. The molecule has 1 saturated heterocycles. The third-order valence-corrected chi connectivity index (χ3v) is 9.67. The number of carboxylic acid groups (broad SMARTS) is 1. The first-order chi connectivity index (χ1) is 23.2. The summed E-state index contributed by atoms with van der Waals surface area (Å²) in [5, 5.41) is 9.40. The first-order valence-corrected chi connectivity index (χ1v) is 17.6. The van der Waals surface area contributed by atoms with Crippen molar-refractivity contribution >= 4 is 33.4 Å². The number of sulfonamides is 1. The summed E-state index contributed by atoms with van der Waals surface area (Å²) in [5.74, 6) is -0.450. The molecule has 4 aromatic rings. The summed E-state index contributed by atoms with van der Waals surface area (Å²) in [7, 11) is -2.25. The number of carboxylic acids is 1. The van der Waals surface area contributed by atoms with Crippen LogP contribution in [-0.4, -0.2) is 80.4 Å². The van der Waals surface area contributed by atoms with Crippen molar-refractivity contribution in [1.82, 2.24) is 15.0 Å². The van der Waals surface area contributed by atoms with Crippen LogP contribution in [0.15, 0.2) is 71.8 Å². The lowest BCUT2D eigenvalue weighted by atomic mass is 9.88. The van der Waals surface area contributed by atoms with Gasteiger partial charge in [-0.3, -0.25) is 0 Å². The van der Waals surface area contributed by atoms with Gasteiger partial charge in [0.1, 0.15) is 12.4 Å². The van der Waals surface area contributed by atoms with Gasteiger partial charge in [0, 0.05) is 31.8 Å². The van der Waals surface area contributed by atoms with Crippen LogP contribution in [-0.2, 0) is 14.8 Å². The molecule has 1 aliphatic rings. The van der Waals surface area contributed by atoms with E-state index in [-0.39, 0.29) is 40.4 Å². The number of rotatable bonds is 12. The van der Waals surface area contributed by atoms with E-state index in [0.717, 1.165) is 53.8 Å². The summed E-state index contributed by atoms with van der Waals surface area (Å²) in [4.78, 5) is 29.5. The summed E-state index contributed by atoms with van der Waals surface area (Å²) in [6.07, 6.45) is 2.66. The molecule has 2 aromatic carbocycles. The number of aryl methyl sites for hydroxylation is 2. The SMILES string of the molecule is Cc1cccc(C)c1-c1cc(OC[C@@H](CC(C)(C)C)N(C)c2ccc(N3CCOCC3)cn2)nc(NS(=O)(=O)c2cccc(C(=O)O)c2)n1. The Morgan fingerprint density at radius 3 is 2.37 bits per heavy atom. The second-order valence-corrected chi connectivity index (χ2v) is 15.1. The van der Waals surface area contributed by atoms with E-state index in [2.05, 4.69) is 51.3 Å². The van der Waals surface area contributed by atoms with Gasteiger partial charge in [-0.05, 0) is 67.1 Å². The molecule has 1 atom stereocenters. The molecule has 5 rings (SSSR count). The van der Waals surface area contributed by atoms with Crippen LogP contribution in [0.2, 0.25) is 0 Å². The van der Waals surface area contributed by atoms with Gasteiger partial charge >= 0.3 is 5.97 Å². The lowest BCUT2D eigenvalue weighted by molar-refractivity contribution is 0.0696. The predicted octanol–water partition coefficient (Wildman–Crippen LogP) is 5.81. The highest BCUT2D eigenvalue weighted by atomic mass is 32.2. The normalized spacial score (nSPS) is 14.3. The van der Waals surface area contributed by atoms with Crippen molar-refractivity contribution in [3.05, 3.63) is 83.6 Å². The molecule has 49 heavy (non-hydrogen) atoms. The van der Waals surface area contributed by atoms with E-state index in [0.29, 0.717) is 18.9 Å². The monoisotopic (exact) mass is 688 g/mol. The Kier molecular flexibility index (Phi) is 10.7. The summed E-state index contributed by atoms with van der Waals surface area (Å²) in [6, 6.07) is 16.6. The van der Waals surface area contributed by atoms with Gasteiger partial charge < -0.3 is 24.4 Å². The van der Waals surface area contributed by atoms with Gasteiger partial charge in [0.2, 0.25) is 11.8 Å². The first kappa shape index (κ1) is 35.6. The third-order valence-electron chi connectivity index (χ3n) is 8.35. The molecule has 12 nitrogen and oxygen atoms in total. The van der Waals surface area contributed by atoms with Crippen LogP contribution >= 0.6 is 0 Å². The van der Waals surface area contributed by atoms with E-state index >= 15 is 0 Å². The third kappa shape index (κ3) is 9.04.